The lowest BCUT2D eigenvalue weighted by molar-refractivity contribution is -0.302. The molecule has 7 unspecified atom stereocenters. The maximum atomic E-state index is 12.9. The van der Waals surface area contributed by atoms with Crippen molar-refractivity contribution in [3.05, 3.63) is 12.2 Å². The molecule has 1 rings (SSSR count). The molecule has 0 spiro atoms. The predicted octanol–water partition coefficient (Wildman–Crippen LogP) is 8.17. The van der Waals surface area contributed by atoms with E-state index in [4.69, 9.17) is 9.47 Å². The monoisotopic (exact) mass is 728 g/mol. The van der Waals surface area contributed by atoms with Crippen molar-refractivity contribution in [3.63, 3.8) is 0 Å². The van der Waals surface area contributed by atoms with Crippen molar-refractivity contribution in [2.24, 2.45) is 0 Å². The molecule has 0 aromatic heterocycles. The molecule has 1 amide bonds. The highest BCUT2D eigenvalue weighted by Gasteiger charge is 2.44. The Kier molecular flexibility index (Phi) is 31.5. The Morgan fingerprint density at radius 1 is 0.647 bits per heavy atom. The first-order valence-electron chi connectivity index (χ1n) is 21.4. The molecule has 0 radical (unpaired) electrons. The van der Waals surface area contributed by atoms with Gasteiger partial charge < -0.3 is 40.3 Å². The summed E-state index contributed by atoms with van der Waals surface area (Å²) in [5.74, 6) is -0.176. The Bertz CT molecular complexity index is 812. The first-order valence-corrected chi connectivity index (χ1v) is 21.4. The number of ether oxygens (including phenoxy) is 2. The molecule has 1 aliphatic heterocycles. The average molecular weight is 728 g/mol. The van der Waals surface area contributed by atoms with Gasteiger partial charge in [0.2, 0.25) is 5.91 Å². The molecule has 0 saturated carbocycles. The lowest BCUT2D eigenvalue weighted by atomic mass is 9.99. The minimum Gasteiger partial charge on any atom is -0.394 e. The number of nitrogens with one attached hydrogen (secondary N) is 1. The van der Waals surface area contributed by atoms with E-state index >= 15 is 0 Å². The van der Waals surface area contributed by atoms with Gasteiger partial charge >= 0.3 is 0 Å². The quantitative estimate of drug-likeness (QED) is 0.0283. The molecule has 1 saturated heterocycles. The lowest BCUT2D eigenvalue weighted by Crippen LogP contribution is -2.60. The van der Waals surface area contributed by atoms with Crippen molar-refractivity contribution < 1.29 is 39.8 Å². The normalized spacial score (nSPS) is 22.1. The zero-order valence-corrected chi connectivity index (χ0v) is 32.9. The molecule has 9 nitrogen and oxygen atoms in total. The Morgan fingerprint density at radius 2 is 1.08 bits per heavy atom. The molecule has 1 fully saturated rings. The van der Waals surface area contributed by atoms with Gasteiger partial charge in [-0.2, -0.15) is 0 Å². The Labute approximate surface area is 312 Å². The largest absolute Gasteiger partial charge is 0.394 e. The van der Waals surface area contributed by atoms with Crippen molar-refractivity contribution >= 4 is 5.91 Å². The number of hydrogen-bond acceptors (Lipinski definition) is 8. The second-order valence-corrected chi connectivity index (χ2v) is 15.1. The number of aliphatic hydroxyl groups excluding tert-OH is 5. The second-order valence-electron chi connectivity index (χ2n) is 15.1. The number of carbonyl (C=O) groups is 1. The minimum atomic E-state index is -1.56. The second kappa shape index (κ2) is 33.5. The molecular weight excluding hydrogens is 646 g/mol. The van der Waals surface area contributed by atoms with Crippen LogP contribution in [0.15, 0.2) is 12.2 Å². The summed E-state index contributed by atoms with van der Waals surface area (Å²) in [4.78, 5) is 12.9. The van der Waals surface area contributed by atoms with Crippen LogP contribution >= 0.6 is 0 Å². The molecule has 302 valence electrons. The van der Waals surface area contributed by atoms with Crippen LogP contribution in [0.5, 0.6) is 0 Å². The predicted molar refractivity (Wildman–Crippen MR) is 207 cm³/mol. The van der Waals surface area contributed by atoms with Crippen LogP contribution in [0.3, 0.4) is 0 Å². The number of rotatable bonds is 35. The molecule has 9 heteroatoms. The summed E-state index contributed by atoms with van der Waals surface area (Å²) in [6.45, 7) is 3.75. The highest BCUT2D eigenvalue weighted by molar-refractivity contribution is 5.76. The lowest BCUT2D eigenvalue weighted by Gasteiger charge is -2.40. The Balaban J connectivity index is 2.33. The molecule has 51 heavy (non-hydrogen) atoms. The van der Waals surface area contributed by atoms with Crippen molar-refractivity contribution in [2.45, 2.75) is 236 Å². The van der Waals surface area contributed by atoms with Crippen molar-refractivity contribution in [3.8, 4) is 0 Å². The van der Waals surface area contributed by atoms with E-state index in [0.29, 0.717) is 6.42 Å². The summed E-state index contributed by atoms with van der Waals surface area (Å²) in [5.41, 5.74) is 0. The van der Waals surface area contributed by atoms with E-state index in [2.05, 4.69) is 19.2 Å². The van der Waals surface area contributed by atoms with Crippen LogP contribution in [0, 0.1) is 0 Å². The molecular formula is C42H81NO8. The topological polar surface area (TPSA) is 149 Å². The van der Waals surface area contributed by atoms with Crippen molar-refractivity contribution in [1.82, 2.24) is 5.32 Å². The zero-order valence-electron chi connectivity index (χ0n) is 32.9. The van der Waals surface area contributed by atoms with Gasteiger partial charge in [-0.05, 0) is 19.3 Å². The maximum absolute atomic E-state index is 12.9. The maximum Gasteiger partial charge on any atom is 0.220 e. The SMILES string of the molecule is CCCCCCCCCC/C=C/C(O)C(COC1OC(CO)C(O)C(O)C1O)NC(=O)CCCCCCCCCCCCCCCCCCCC. The van der Waals surface area contributed by atoms with Crippen LogP contribution in [0.25, 0.3) is 0 Å². The van der Waals surface area contributed by atoms with Gasteiger partial charge in [0.15, 0.2) is 6.29 Å². The highest BCUT2D eigenvalue weighted by Crippen LogP contribution is 2.22. The van der Waals surface area contributed by atoms with E-state index in [9.17, 15) is 30.3 Å². The summed E-state index contributed by atoms with van der Waals surface area (Å²) in [6.07, 6.45) is 29.7. The number of amides is 1. The van der Waals surface area contributed by atoms with Gasteiger partial charge in [-0.15, -0.1) is 0 Å². The molecule has 1 aliphatic rings. The van der Waals surface area contributed by atoms with Gasteiger partial charge in [0.05, 0.1) is 25.4 Å². The first-order chi connectivity index (χ1) is 24.8. The third-order valence-corrected chi connectivity index (χ3v) is 10.4. The third-order valence-electron chi connectivity index (χ3n) is 10.4. The van der Waals surface area contributed by atoms with E-state index in [0.717, 1.165) is 38.5 Å². The fourth-order valence-electron chi connectivity index (χ4n) is 6.86. The fraction of sp³-hybridized carbons (Fsp3) is 0.929. The third kappa shape index (κ3) is 24.8. The number of allylic oxidation sites excluding steroid dienone is 1. The molecule has 0 aromatic rings. The summed E-state index contributed by atoms with van der Waals surface area (Å²) >= 11 is 0. The molecule has 0 aromatic carbocycles. The number of carbonyl (C=O) groups excluding carboxylic acids is 1. The van der Waals surface area contributed by atoms with E-state index in [1.807, 2.05) is 6.08 Å². The molecule has 7 atom stereocenters. The van der Waals surface area contributed by atoms with Gasteiger partial charge in [0.1, 0.15) is 24.4 Å². The number of unbranched alkanes of at least 4 members (excludes halogenated alkanes) is 25. The van der Waals surface area contributed by atoms with Crippen LogP contribution in [0.4, 0.5) is 0 Å². The van der Waals surface area contributed by atoms with E-state index in [1.165, 1.54) is 135 Å². The first kappa shape index (κ1) is 48.0. The summed E-state index contributed by atoms with van der Waals surface area (Å²) in [6, 6.07) is -0.796. The molecule has 0 aliphatic carbocycles. The number of hydrogen-bond donors (Lipinski definition) is 6. The summed E-state index contributed by atoms with van der Waals surface area (Å²) in [5, 5.41) is 53.9. The fourth-order valence-corrected chi connectivity index (χ4v) is 6.86. The standard InChI is InChI=1S/C42H81NO8/c1-3-5-7-9-11-13-15-16-17-18-19-20-21-22-24-26-28-30-32-38(46)43-35(34-50-42-41(49)40(48)39(47)37(33-44)51-42)36(45)31-29-27-25-23-14-12-10-8-6-4-2/h29,31,35-37,39-42,44-45,47-49H,3-28,30,32-34H2,1-2H3,(H,43,46)/b31-29+. The van der Waals surface area contributed by atoms with Crippen LogP contribution in [0.1, 0.15) is 194 Å². The van der Waals surface area contributed by atoms with Gasteiger partial charge in [-0.25, -0.2) is 0 Å². The molecule has 6 N–H and O–H groups in total. The van der Waals surface area contributed by atoms with Gasteiger partial charge in [-0.1, -0.05) is 180 Å². The Hall–Kier alpha value is -1.07. The molecule has 0 bridgehead atoms. The van der Waals surface area contributed by atoms with Crippen molar-refractivity contribution in [1.29, 1.82) is 0 Å². The average Bonchev–Trinajstić information content (AvgIpc) is 3.13. The highest BCUT2D eigenvalue weighted by atomic mass is 16.7. The smallest absolute Gasteiger partial charge is 0.220 e. The van der Waals surface area contributed by atoms with E-state index in [-0.39, 0.29) is 12.5 Å². The van der Waals surface area contributed by atoms with Gasteiger partial charge in [-0.3, -0.25) is 4.79 Å². The summed E-state index contributed by atoms with van der Waals surface area (Å²) in [7, 11) is 0. The zero-order chi connectivity index (χ0) is 37.4. The van der Waals surface area contributed by atoms with E-state index < -0.39 is 49.5 Å². The van der Waals surface area contributed by atoms with Crippen molar-refractivity contribution in [2.75, 3.05) is 13.2 Å². The Morgan fingerprint density at radius 3 is 1.53 bits per heavy atom. The minimum absolute atomic E-state index is 0.176. The van der Waals surface area contributed by atoms with Crippen LogP contribution in [-0.2, 0) is 14.3 Å². The number of aliphatic hydroxyl groups is 5. The van der Waals surface area contributed by atoms with Crippen LogP contribution in [0.2, 0.25) is 0 Å². The van der Waals surface area contributed by atoms with Gasteiger partial charge in [0.25, 0.3) is 0 Å². The summed E-state index contributed by atoms with van der Waals surface area (Å²) < 4.78 is 11.2. The molecule has 1 heterocycles. The van der Waals surface area contributed by atoms with Crippen LogP contribution in [-0.4, -0.2) is 87.5 Å². The van der Waals surface area contributed by atoms with E-state index in [1.54, 1.807) is 6.08 Å². The van der Waals surface area contributed by atoms with Gasteiger partial charge in [0, 0.05) is 6.42 Å². The van der Waals surface area contributed by atoms with Crippen LogP contribution < -0.4 is 5.32 Å².